The Kier molecular flexibility index (Phi) is 3.54. The van der Waals surface area contributed by atoms with Crippen LogP contribution in [0.25, 0.3) is 5.57 Å². The smallest absolute Gasteiger partial charge is 0.0579 e. The lowest BCUT2D eigenvalue weighted by molar-refractivity contribution is 1.27. The number of benzene rings is 2. The van der Waals surface area contributed by atoms with Crippen molar-refractivity contribution in [3.8, 4) is 0 Å². The second kappa shape index (κ2) is 5.32. The Morgan fingerprint density at radius 2 is 1.89 bits per heavy atom. The first-order valence-corrected chi connectivity index (χ1v) is 7.17. The fraction of sp³-hybridized carbons (Fsp3) is 0.0625. The summed E-state index contributed by atoms with van der Waals surface area (Å²) >= 11 is 9.68. The van der Waals surface area contributed by atoms with Crippen molar-refractivity contribution in [3.05, 3.63) is 74.7 Å². The normalized spacial score (nSPS) is 13.7. The molecule has 0 N–H and O–H groups in total. The summed E-state index contributed by atoms with van der Waals surface area (Å²) in [5.74, 6) is 0. The molecule has 0 fully saturated rings. The molecule has 0 amide bonds. The zero-order valence-electron chi connectivity index (χ0n) is 10.1. The van der Waals surface area contributed by atoms with Gasteiger partial charge in [-0.1, -0.05) is 57.9 Å². The molecule has 0 unspecified atom stereocenters. The van der Waals surface area contributed by atoms with E-state index in [0.717, 1.165) is 20.6 Å². The van der Waals surface area contributed by atoms with E-state index in [0.29, 0.717) is 6.54 Å². The van der Waals surface area contributed by atoms with Crippen LogP contribution >= 0.6 is 27.5 Å². The maximum atomic E-state index is 6.06. The molecule has 19 heavy (non-hydrogen) atoms. The summed E-state index contributed by atoms with van der Waals surface area (Å²) in [5.41, 5.74) is 4.60. The molecule has 0 saturated carbocycles. The van der Waals surface area contributed by atoms with E-state index in [2.05, 4.69) is 45.2 Å². The van der Waals surface area contributed by atoms with Crippen LogP contribution in [0.15, 0.2) is 58.0 Å². The molecule has 0 aromatic heterocycles. The van der Waals surface area contributed by atoms with E-state index >= 15 is 0 Å². The summed E-state index contributed by atoms with van der Waals surface area (Å²) in [4.78, 5) is 4.38. The van der Waals surface area contributed by atoms with Gasteiger partial charge in [0, 0.05) is 21.3 Å². The predicted octanol–water partition coefficient (Wildman–Crippen LogP) is 4.97. The van der Waals surface area contributed by atoms with Crippen LogP contribution in [0.3, 0.4) is 0 Å². The van der Waals surface area contributed by atoms with Gasteiger partial charge in [-0.25, -0.2) is 0 Å². The highest BCUT2D eigenvalue weighted by Gasteiger charge is 2.13. The molecule has 94 valence electrons. The number of hydrogen-bond acceptors (Lipinski definition) is 1. The van der Waals surface area contributed by atoms with Crippen LogP contribution in [0.4, 0.5) is 0 Å². The standard InChI is InChI=1S/C16H11BrClN/c17-16-4-2-1-3-15(16)14-7-8-19-10-11-9-12(18)5-6-13(11)14/h1-7,9-10H,8H2. The lowest BCUT2D eigenvalue weighted by Crippen LogP contribution is -1.94. The Morgan fingerprint density at radius 3 is 2.74 bits per heavy atom. The summed E-state index contributed by atoms with van der Waals surface area (Å²) in [6.45, 7) is 0.683. The molecule has 0 bridgehead atoms. The van der Waals surface area contributed by atoms with E-state index in [4.69, 9.17) is 11.6 Å². The molecule has 0 radical (unpaired) electrons. The first-order valence-electron chi connectivity index (χ1n) is 6.00. The molecule has 0 aliphatic carbocycles. The molecular formula is C16H11BrClN. The zero-order valence-corrected chi connectivity index (χ0v) is 12.4. The number of fused-ring (bicyclic) bond motifs is 1. The van der Waals surface area contributed by atoms with Crippen molar-refractivity contribution in [1.82, 2.24) is 0 Å². The SMILES string of the molecule is Clc1ccc2c(c1)C=NCC=C2c1ccccc1Br. The van der Waals surface area contributed by atoms with Gasteiger partial charge in [-0.3, -0.25) is 4.99 Å². The summed E-state index contributed by atoms with van der Waals surface area (Å²) in [6.07, 6.45) is 4.04. The highest BCUT2D eigenvalue weighted by atomic mass is 79.9. The lowest BCUT2D eigenvalue weighted by atomic mass is 9.94. The van der Waals surface area contributed by atoms with Crippen LogP contribution in [-0.2, 0) is 0 Å². The molecule has 3 heteroatoms. The Labute approximate surface area is 125 Å². The van der Waals surface area contributed by atoms with Gasteiger partial charge >= 0.3 is 0 Å². The number of rotatable bonds is 1. The minimum atomic E-state index is 0.683. The molecule has 0 atom stereocenters. The van der Waals surface area contributed by atoms with Crippen molar-refractivity contribution < 1.29 is 0 Å². The number of halogens is 2. The fourth-order valence-electron chi connectivity index (χ4n) is 2.23. The van der Waals surface area contributed by atoms with E-state index in [-0.39, 0.29) is 0 Å². The first-order chi connectivity index (χ1) is 9.25. The van der Waals surface area contributed by atoms with Crippen molar-refractivity contribution >= 4 is 39.3 Å². The van der Waals surface area contributed by atoms with Crippen molar-refractivity contribution in [2.45, 2.75) is 0 Å². The molecule has 1 aliphatic rings. The second-order valence-corrected chi connectivity index (χ2v) is 5.61. The van der Waals surface area contributed by atoms with Crippen LogP contribution in [-0.4, -0.2) is 12.8 Å². The van der Waals surface area contributed by atoms with E-state index < -0.39 is 0 Å². The largest absolute Gasteiger partial charge is 0.288 e. The maximum Gasteiger partial charge on any atom is 0.0579 e. The Balaban J connectivity index is 2.20. The van der Waals surface area contributed by atoms with E-state index in [1.807, 2.05) is 30.5 Å². The monoisotopic (exact) mass is 331 g/mol. The molecule has 2 aromatic rings. The summed E-state index contributed by atoms with van der Waals surface area (Å²) in [6, 6.07) is 14.2. The van der Waals surface area contributed by atoms with Crippen LogP contribution in [0.5, 0.6) is 0 Å². The molecule has 1 aliphatic heterocycles. The Bertz CT molecular complexity index is 689. The topological polar surface area (TPSA) is 12.4 Å². The molecule has 0 spiro atoms. The average Bonchev–Trinajstić information content (AvgIpc) is 2.61. The van der Waals surface area contributed by atoms with Crippen LogP contribution in [0, 0.1) is 0 Å². The van der Waals surface area contributed by atoms with Crippen molar-refractivity contribution in [3.63, 3.8) is 0 Å². The van der Waals surface area contributed by atoms with Crippen LogP contribution in [0.1, 0.15) is 16.7 Å². The minimum absolute atomic E-state index is 0.683. The van der Waals surface area contributed by atoms with Crippen molar-refractivity contribution in [2.75, 3.05) is 6.54 Å². The lowest BCUT2D eigenvalue weighted by Gasteiger charge is -2.12. The Morgan fingerprint density at radius 1 is 1.05 bits per heavy atom. The van der Waals surface area contributed by atoms with Gasteiger partial charge in [-0.2, -0.15) is 0 Å². The van der Waals surface area contributed by atoms with Gasteiger partial charge in [0.1, 0.15) is 0 Å². The highest BCUT2D eigenvalue weighted by Crippen LogP contribution is 2.32. The summed E-state index contributed by atoms with van der Waals surface area (Å²) < 4.78 is 1.09. The number of nitrogens with zero attached hydrogens (tertiary/aromatic N) is 1. The molecule has 3 rings (SSSR count). The van der Waals surface area contributed by atoms with Gasteiger partial charge in [0.05, 0.1) is 6.54 Å². The second-order valence-electron chi connectivity index (χ2n) is 4.32. The molecular weight excluding hydrogens is 322 g/mol. The third-order valence-corrected chi connectivity index (χ3v) is 4.03. The number of aliphatic imine (C=N–C) groups is 1. The molecule has 1 nitrogen and oxygen atoms in total. The average molecular weight is 333 g/mol. The number of hydrogen-bond donors (Lipinski definition) is 0. The third kappa shape index (κ3) is 2.51. The van der Waals surface area contributed by atoms with Gasteiger partial charge in [0.2, 0.25) is 0 Å². The van der Waals surface area contributed by atoms with Crippen LogP contribution < -0.4 is 0 Å². The van der Waals surface area contributed by atoms with Crippen molar-refractivity contribution in [2.24, 2.45) is 4.99 Å². The summed E-state index contributed by atoms with van der Waals surface area (Å²) in [7, 11) is 0. The van der Waals surface area contributed by atoms with Gasteiger partial charge in [0.25, 0.3) is 0 Å². The van der Waals surface area contributed by atoms with Crippen molar-refractivity contribution in [1.29, 1.82) is 0 Å². The summed E-state index contributed by atoms with van der Waals surface area (Å²) in [5, 5.41) is 0.735. The minimum Gasteiger partial charge on any atom is -0.288 e. The van der Waals surface area contributed by atoms with E-state index in [9.17, 15) is 0 Å². The predicted molar refractivity (Wildman–Crippen MR) is 85.1 cm³/mol. The first kappa shape index (κ1) is 12.6. The van der Waals surface area contributed by atoms with E-state index in [1.165, 1.54) is 11.1 Å². The van der Waals surface area contributed by atoms with Gasteiger partial charge in [0.15, 0.2) is 0 Å². The van der Waals surface area contributed by atoms with Gasteiger partial charge < -0.3 is 0 Å². The molecule has 1 heterocycles. The zero-order chi connectivity index (χ0) is 13.2. The van der Waals surface area contributed by atoms with Gasteiger partial charge in [-0.05, 0) is 34.9 Å². The molecule has 2 aromatic carbocycles. The quantitative estimate of drug-likeness (QED) is 0.699. The van der Waals surface area contributed by atoms with E-state index in [1.54, 1.807) is 0 Å². The molecule has 0 saturated heterocycles. The van der Waals surface area contributed by atoms with Gasteiger partial charge in [-0.15, -0.1) is 0 Å². The Hall–Kier alpha value is -1.38. The highest BCUT2D eigenvalue weighted by molar-refractivity contribution is 9.10. The van der Waals surface area contributed by atoms with Crippen LogP contribution in [0.2, 0.25) is 5.02 Å². The fourth-order valence-corrected chi connectivity index (χ4v) is 2.90. The third-order valence-electron chi connectivity index (χ3n) is 3.10. The maximum absolute atomic E-state index is 6.06.